The van der Waals surface area contributed by atoms with Gasteiger partial charge in [0.1, 0.15) is 0 Å². The van der Waals surface area contributed by atoms with Gasteiger partial charge in [0, 0.05) is 14.6 Å². The van der Waals surface area contributed by atoms with E-state index in [1.165, 1.54) is 0 Å². The molecule has 20 heavy (non-hydrogen) atoms. The first kappa shape index (κ1) is 15.3. The molecule has 2 aromatic rings. The maximum atomic E-state index is 12.1. The van der Waals surface area contributed by atoms with Crippen LogP contribution < -0.4 is 5.32 Å². The van der Waals surface area contributed by atoms with Crippen LogP contribution in [-0.2, 0) is 11.2 Å². The number of anilines is 1. The third-order valence-electron chi connectivity index (χ3n) is 2.97. The molecule has 0 fully saturated rings. The molecule has 0 atom stereocenters. The highest BCUT2D eigenvalue weighted by Gasteiger charge is 2.07. The summed E-state index contributed by atoms with van der Waals surface area (Å²) in [5, 5.41) is 2.94. The first-order valence-corrected chi connectivity index (χ1v) is 7.85. The normalized spacial score (nSPS) is 10.4. The van der Waals surface area contributed by atoms with Crippen molar-refractivity contribution in [2.45, 2.75) is 20.3 Å². The highest BCUT2D eigenvalue weighted by atomic mass is 79.9. The molecule has 2 nitrogen and oxygen atoms in total. The summed E-state index contributed by atoms with van der Waals surface area (Å²) >= 11 is 6.93. The van der Waals surface area contributed by atoms with Gasteiger partial charge in [-0.05, 0) is 54.8 Å². The predicted octanol–water partition coefficient (Wildman–Crippen LogP) is 5.01. The van der Waals surface area contributed by atoms with Gasteiger partial charge in [-0.15, -0.1) is 0 Å². The minimum Gasteiger partial charge on any atom is -0.326 e. The first-order chi connectivity index (χ1) is 9.45. The standard InChI is InChI=1S/C16H15Br2NO/c1-10-6-14(7-11(2)16(10)18)19-15(20)9-12-4-3-5-13(17)8-12/h3-8H,9H2,1-2H3,(H,19,20). The Morgan fingerprint density at radius 1 is 1.10 bits per heavy atom. The topological polar surface area (TPSA) is 29.1 Å². The quantitative estimate of drug-likeness (QED) is 0.776. The molecule has 2 rings (SSSR count). The third-order valence-corrected chi connectivity index (χ3v) is 4.72. The van der Waals surface area contributed by atoms with Crippen LogP contribution in [0, 0.1) is 13.8 Å². The minimum atomic E-state index is -0.00998. The van der Waals surface area contributed by atoms with Crippen molar-refractivity contribution < 1.29 is 4.79 Å². The number of aryl methyl sites for hydroxylation is 2. The van der Waals surface area contributed by atoms with Gasteiger partial charge in [0.2, 0.25) is 5.91 Å². The molecule has 104 valence electrons. The van der Waals surface area contributed by atoms with E-state index in [9.17, 15) is 4.79 Å². The maximum Gasteiger partial charge on any atom is 0.228 e. The Labute approximate surface area is 135 Å². The number of carbonyl (C=O) groups excluding carboxylic acids is 1. The zero-order valence-electron chi connectivity index (χ0n) is 11.3. The molecule has 0 aromatic heterocycles. The van der Waals surface area contributed by atoms with Crippen molar-refractivity contribution in [3.05, 3.63) is 62.0 Å². The largest absolute Gasteiger partial charge is 0.326 e. The van der Waals surface area contributed by atoms with Crippen LogP contribution in [0.15, 0.2) is 45.3 Å². The molecule has 0 aliphatic rings. The lowest BCUT2D eigenvalue weighted by atomic mass is 10.1. The highest BCUT2D eigenvalue weighted by Crippen LogP contribution is 2.25. The van der Waals surface area contributed by atoms with Crippen molar-refractivity contribution in [1.82, 2.24) is 0 Å². The number of benzene rings is 2. The molecule has 0 radical (unpaired) electrons. The monoisotopic (exact) mass is 395 g/mol. The molecular formula is C16H15Br2NO. The van der Waals surface area contributed by atoms with Crippen molar-refractivity contribution in [2.75, 3.05) is 5.32 Å². The van der Waals surface area contributed by atoms with Gasteiger partial charge in [-0.1, -0.05) is 44.0 Å². The van der Waals surface area contributed by atoms with Crippen molar-refractivity contribution in [1.29, 1.82) is 0 Å². The maximum absolute atomic E-state index is 12.1. The van der Waals surface area contributed by atoms with E-state index in [1.54, 1.807) is 0 Å². The molecule has 2 aromatic carbocycles. The lowest BCUT2D eigenvalue weighted by Crippen LogP contribution is -2.14. The molecular weight excluding hydrogens is 382 g/mol. The molecule has 0 saturated carbocycles. The minimum absolute atomic E-state index is 0.00998. The van der Waals surface area contributed by atoms with Gasteiger partial charge in [-0.2, -0.15) is 0 Å². The Morgan fingerprint density at radius 2 is 1.75 bits per heavy atom. The van der Waals surface area contributed by atoms with Gasteiger partial charge >= 0.3 is 0 Å². The molecule has 0 aliphatic heterocycles. The van der Waals surface area contributed by atoms with Crippen molar-refractivity contribution in [3.63, 3.8) is 0 Å². The molecule has 1 N–H and O–H groups in total. The fourth-order valence-electron chi connectivity index (χ4n) is 2.06. The van der Waals surface area contributed by atoms with E-state index in [-0.39, 0.29) is 5.91 Å². The average Bonchev–Trinajstić information content (AvgIpc) is 2.35. The van der Waals surface area contributed by atoms with Gasteiger partial charge in [-0.3, -0.25) is 4.79 Å². The number of halogens is 2. The fourth-order valence-corrected chi connectivity index (χ4v) is 2.73. The SMILES string of the molecule is Cc1cc(NC(=O)Cc2cccc(Br)c2)cc(C)c1Br. The Hall–Kier alpha value is -1.13. The van der Waals surface area contributed by atoms with Crippen LogP contribution in [-0.4, -0.2) is 5.91 Å². The van der Waals surface area contributed by atoms with Crippen LogP contribution in [0.3, 0.4) is 0 Å². The summed E-state index contributed by atoms with van der Waals surface area (Å²) in [6, 6.07) is 11.7. The summed E-state index contributed by atoms with van der Waals surface area (Å²) in [5.41, 5.74) is 4.05. The van der Waals surface area contributed by atoms with Gasteiger partial charge in [-0.25, -0.2) is 0 Å². The van der Waals surface area contributed by atoms with Gasteiger partial charge in [0.25, 0.3) is 0 Å². The lowest BCUT2D eigenvalue weighted by molar-refractivity contribution is -0.115. The smallest absolute Gasteiger partial charge is 0.228 e. The molecule has 0 aliphatic carbocycles. The zero-order valence-corrected chi connectivity index (χ0v) is 14.5. The Bertz CT molecular complexity index is 630. The summed E-state index contributed by atoms with van der Waals surface area (Å²) in [5.74, 6) is -0.00998. The van der Waals surface area contributed by atoms with E-state index in [0.29, 0.717) is 6.42 Å². The summed E-state index contributed by atoms with van der Waals surface area (Å²) in [4.78, 5) is 12.1. The molecule has 0 unspecified atom stereocenters. The predicted molar refractivity (Wildman–Crippen MR) is 90.1 cm³/mol. The summed E-state index contributed by atoms with van der Waals surface area (Å²) in [7, 11) is 0. The van der Waals surface area contributed by atoms with Gasteiger partial charge < -0.3 is 5.32 Å². The van der Waals surface area contributed by atoms with Crippen LogP contribution in [0.25, 0.3) is 0 Å². The van der Waals surface area contributed by atoms with E-state index in [2.05, 4.69) is 37.2 Å². The van der Waals surface area contributed by atoms with Crippen LogP contribution in [0.2, 0.25) is 0 Å². The molecule has 4 heteroatoms. The van der Waals surface area contributed by atoms with Crippen LogP contribution in [0.4, 0.5) is 5.69 Å². The first-order valence-electron chi connectivity index (χ1n) is 6.27. The number of hydrogen-bond donors (Lipinski definition) is 1. The average molecular weight is 397 g/mol. The van der Waals surface area contributed by atoms with E-state index >= 15 is 0 Å². The van der Waals surface area contributed by atoms with Gasteiger partial charge in [0.15, 0.2) is 0 Å². The second-order valence-corrected chi connectivity index (χ2v) is 6.49. The number of amides is 1. The third kappa shape index (κ3) is 3.93. The number of carbonyl (C=O) groups is 1. The highest BCUT2D eigenvalue weighted by molar-refractivity contribution is 9.10. The summed E-state index contributed by atoms with van der Waals surface area (Å²) in [6.07, 6.45) is 0.369. The Balaban J connectivity index is 2.09. The van der Waals surface area contributed by atoms with E-state index in [1.807, 2.05) is 50.2 Å². The molecule has 0 spiro atoms. The van der Waals surface area contributed by atoms with E-state index < -0.39 is 0 Å². The Morgan fingerprint density at radius 3 is 2.35 bits per heavy atom. The van der Waals surface area contributed by atoms with Crippen molar-refractivity contribution in [3.8, 4) is 0 Å². The lowest BCUT2D eigenvalue weighted by Gasteiger charge is -2.10. The molecule has 1 amide bonds. The van der Waals surface area contributed by atoms with E-state index in [4.69, 9.17) is 0 Å². The van der Waals surface area contributed by atoms with E-state index in [0.717, 1.165) is 31.3 Å². The van der Waals surface area contributed by atoms with Crippen LogP contribution >= 0.6 is 31.9 Å². The number of rotatable bonds is 3. The number of nitrogens with one attached hydrogen (secondary N) is 1. The summed E-state index contributed by atoms with van der Waals surface area (Å²) in [6.45, 7) is 4.03. The fraction of sp³-hybridized carbons (Fsp3) is 0.188. The zero-order chi connectivity index (χ0) is 14.7. The molecule has 0 saturated heterocycles. The van der Waals surface area contributed by atoms with Crippen molar-refractivity contribution in [2.24, 2.45) is 0 Å². The summed E-state index contributed by atoms with van der Waals surface area (Å²) < 4.78 is 2.07. The number of hydrogen-bond acceptors (Lipinski definition) is 1. The molecule has 0 heterocycles. The van der Waals surface area contributed by atoms with Gasteiger partial charge in [0.05, 0.1) is 6.42 Å². The second-order valence-electron chi connectivity index (χ2n) is 4.78. The van der Waals surface area contributed by atoms with Crippen molar-refractivity contribution >= 4 is 43.5 Å². The Kier molecular flexibility index (Phi) is 5.00. The molecule has 0 bridgehead atoms. The van der Waals surface area contributed by atoms with Crippen LogP contribution in [0.5, 0.6) is 0 Å². The second kappa shape index (κ2) is 6.55. The van der Waals surface area contributed by atoms with Crippen LogP contribution in [0.1, 0.15) is 16.7 Å².